The predicted octanol–water partition coefficient (Wildman–Crippen LogP) is -0.608. The van der Waals surface area contributed by atoms with Gasteiger partial charge in [-0.25, -0.2) is 12.7 Å². The van der Waals surface area contributed by atoms with E-state index >= 15 is 0 Å². The number of hydrogen-bond donors (Lipinski definition) is 1. The Morgan fingerprint density at radius 3 is 2.43 bits per heavy atom. The van der Waals surface area contributed by atoms with E-state index in [9.17, 15) is 8.42 Å². The van der Waals surface area contributed by atoms with Crippen molar-refractivity contribution in [2.45, 2.75) is 25.3 Å². The van der Waals surface area contributed by atoms with Gasteiger partial charge < -0.3 is 5.32 Å². The highest BCUT2D eigenvalue weighted by molar-refractivity contribution is 7.89. The highest BCUT2D eigenvalue weighted by Crippen LogP contribution is 2.22. The summed E-state index contributed by atoms with van der Waals surface area (Å²) in [5, 5.41) is 3.30. The van der Waals surface area contributed by atoms with Crippen molar-refractivity contribution in [3.8, 4) is 0 Å². The molecule has 1 unspecified atom stereocenters. The fourth-order valence-electron chi connectivity index (χ4n) is 3.68. The van der Waals surface area contributed by atoms with Gasteiger partial charge in [0.05, 0.1) is 5.75 Å². The van der Waals surface area contributed by atoms with Crippen LogP contribution in [0, 0.1) is 0 Å². The molecule has 3 aliphatic rings. The number of nitrogens with one attached hydrogen (secondary N) is 1. The summed E-state index contributed by atoms with van der Waals surface area (Å²) in [6, 6.07) is 0.460. The van der Waals surface area contributed by atoms with Gasteiger partial charge in [-0.1, -0.05) is 0 Å². The van der Waals surface area contributed by atoms with Crippen LogP contribution in [0.4, 0.5) is 0 Å². The van der Waals surface area contributed by atoms with Crippen LogP contribution in [0.5, 0.6) is 0 Å². The van der Waals surface area contributed by atoms with Crippen LogP contribution in [0.2, 0.25) is 0 Å². The molecule has 0 saturated carbocycles. The van der Waals surface area contributed by atoms with Gasteiger partial charge in [0.15, 0.2) is 0 Å². The Balaban J connectivity index is 1.48. The van der Waals surface area contributed by atoms with Crippen LogP contribution >= 0.6 is 0 Å². The van der Waals surface area contributed by atoms with Crippen LogP contribution < -0.4 is 5.32 Å². The van der Waals surface area contributed by atoms with Gasteiger partial charge in [-0.05, 0) is 32.4 Å². The van der Waals surface area contributed by atoms with Crippen molar-refractivity contribution in [1.29, 1.82) is 0 Å². The second-order valence-corrected chi connectivity index (χ2v) is 8.54. The Hall–Kier alpha value is -0.210. The minimum atomic E-state index is -3.08. The van der Waals surface area contributed by atoms with Crippen LogP contribution in [-0.2, 0) is 10.0 Å². The highest BCUT2D eigenvalue weighted by atomic mass is 32.2. The van der Waals surface area contributed by atoms with Crippen LogP contribution in [0.25, 0.3) is 0 Å². The zero-order chi connectivity index (χ0) is 14.7. The van der Waals surface area contributed by atoms with Gasteiger partial charge in [0.25, 0.3) is 0 Å². The van der Waals surface area contributed by atoms with Crippen LogP contribution in [0.3, 0.4) is 0 Å². The third-order valence-corrected chi connectivity index (χ3v) is 6.87. The summed E-state index contributed by atoms with van der Waals surface area (Å²) in [4.78, 5) is 4.73. The molecule has 3 saturated heterocycles. The van der Waals surface area contributed by atoms with Gasteiger partial charge in [0, 0.05) is 51.9 Å². The summed E-state index contributed by atoms with van der Waals surface area (Å²) in [5.74, 6) is 0.278. The summed E-state index contributed by atoms with van der Waals surface area (Å²) in [7, 11) is -3.08. The molecule has 0 aromatic rings. The van der Waals surface area contributed by atoms with Crippen molar-refractivity contribution >= 4 is 10.0 Å². The molecular weight excluding hydrogens is 288 g/mol. The number of hydrogen-bond acceptors (Lipinski definition) is 5. The summed E-state index contributed by atoms with van der Waals surface area (Å²) < 4.78 is 26.7. The maximum atomic E-state index is 12.5. The van der Waals surface area contributed by atoms with Crippen molar-refractivity contribution in [1.82, 2.24) is 19.4 Å². The van der Waals surface area contributed by atoms with E-state index in [0.29, 0.717) is 25.7 Å². The molecule has 1 atom stereocenters. The summed E-state index contributed by atoms with van der Waals surface area (Å²) in [6.07, 6.45) is 3.55. The molecule has 1 N–H and O–H groups in total. The molecular formula is C14H28N4O2S. The number of nitrogens with zero attached hydrogens (tertiary/aromatic N) is 3. The van der Waals surface area contributed by atoms with Crippen LogP contribution in [0.15, 0.2) is 0 Å². The highest BCUT2D eigenvalue weighted by Gasteiger charge is 2.35. The molecule has 0 spiro atoms. The molecule has 122 valence electrons. The Morgan fingerprint density at radius 2 is 1.71 bits per heavy atom. The Kier molecular flexibility index (Phi) is 5.16. The fraction of sp³-hybridized carbons (Fsp3) is 1.00. The summed E-state index contributed by atoms with van der Waals surface area (Å²) in [6.45, 7) is 8.28. The van der Waals surface area contributed by atoms with E-state index in [4.69, 9.17) is 0 Å². The maximum Gasteiger partial charge on any atom is 0.215 e. The molecule has 0 bridgehead atoms. The van der Waals surface area contributed by atoms with Crippen molar-refractivity contribution < 1.29 is 8.42 Å². The minimum Gasteiger partial charge on any atom is -0.314 e. The topological polar surface area (TPSA) is 55.9 Å². The summed E-state index contributed by atoms with van der Waals surface area (Å²) >= 11 is 0. The molecule has 0 amide bonds. The lowest BCUT2D eigenvalue weighted by atomic mass is 10.2. The first kappa shape index (κ1) is 15.7. The Morgan fingerprint density at radius 1 is 1.00 bits per heavy atom. The first-order chi connectivity index (χ1) is 10.1. The molecule has 3 fully saturated rings. The van der Waals surface area contributed by atoms with Gasteiger partial charge in [0.2, 0.25) is 10.0 Å². The third-order valence-electron chi connectivity index (χ3n) is 5.05. The second-order valence-electron chi connectivity index (χ2n) is 6.45. The molecule has 3 heterocycles. The summed E-state index contributed by atoms with van der Waals surface area (Å²) in [5.41, 5.74) is 0. The van der Waals surface area contributed by atoms with Gasteiger partial charge >= 0.3 is 0 Å². The molecule has 6 nitrogen and oxygen atoms in total. The lowest BCUT2D eigenvalue weighted by Gasteiger charge is -2.28. The molecule has 3 rings (SSSR count). The average Bonchev–Trinajstić information content (AvgIpc) is 3.17. The van der Waals surface area contributed by atoms with Crippen LogP contribution in [0.1, 0.15) is 19.3 Å². The SMILES string of the molecule is O=S(=O)(CCN1CCNCC1)N1CCC(N2CCCC2)C1. The monoisotopic (exact) mass is 316 g/mol. The molecule has 21 heavy (non-hydrogen) atoms. The number of sulfonamides is 1. The smallest absolute Gasteiger partial charge is 0.215 e. The van der Waals surface area contributed by atoms with Crippen molar-refractivity contribution in [3.63, 3.8) is 0 Å². The second kappa shape index (κ2) is 6.91. The number of rotatable bonds is 5. The van der Waals surface area contributed by atoms with E-state index in [0.717, 1.165) is 45.7 Å². The van der Waals surface area contributed by atoms with Gasteiger partial charge in [-0.3, -0.25) is 9.80 Å². The Bertz CT molecular complexity index is 430. The molecule has 3 aliphatic heterocycles. The Labute approximate surface area is 128 Å². The van der Waals surface area contributed by atoms with E-state index < -0.39 is 10.0 Å². The molecule has 7 heteroatoms. The lowest BCUT2D eigenvalue weighted by molar-refractivity contribution is 0.247. The van der Waals surface area contributed by atoms with E-state index in [2.05, 4.69) is 15.1 Å². The largest absolute Gasteiger partial charge is 0.314 e. The van der Waals surface area contributed by atoms with Crippen molar-refractivity contribution in [2.75, 3.05) is 64.7 Å². The van der Waals surface area contributed by atoms with Gasteiger partial charge in [-0.15, -0.1) is 0 Å². The molecule has 0 aromatic carbocycles. The van der Waals surface area contributed by atoms with E-state index in [1.54, 1.807) is 4.31 Å². The molecule has 0 aliphatic carbocycles. The lowest BCUT2D eigenvalue weighted by Crippen LogP contribution is -2.46. The zero-order valence-electron chi connectivity index (χ0n) is 12.8. The molecule has 0 radical (unpaired) electrons. The van der Waals surface area contributed by atoms with Gasteiger partial charge in [-0.2, -0.15) is 0 Å². The first-order valence-electron chi connectivity index (χ1n) is 8.30. The van der Waals surface area contributed by atoms with Crippen molar-refractivity contribution in [2.24, 2.45) is 0 Å². The van der Waals surface area contributed by atoms with Crippen LogP contribution in [-0.4, -0.2) is 93.2 Å². The predicted molar refractivity (Wildman–Crippen MR) is 83.9 cm³/mol. The zero-order valence-corrected chi connectivity index (χ0v) is 13.7. The standard InChI is InChI=1S/C14H28N4O2S/c19-21(20,12-11-16-9-4-15-5-10-16)18-8-3-14(13-18)17-6-1-2-7-17/h14-15H,1-13H2. The van der Waals surface area contributed by atoms with Crippen molar-refractivity contribution in [3.05, 3.63) is 0 Å². The quantitative estimate of drug-likeness (QED) is 0.733. The van der Waals surface area contributed by atoms with E-state index in [1.165, 1.54) is 12.8 Å². The number of piperazine rings is 1. The normalized spacial score (nSPS) is 30.2. The average molecular weight is 316 g/mol. The van der Waals surface area contributed by atoms with Gasteiger partial charge in [0.1, 0.15) is 0 Å². The minimum absolute atomic E-state index is 0.278. The molecule has 0 aromatic heterocycles. The number of likely N-dealkylation sites (tertiary alicyclic amines) is 1. The first-order valence-corrected chi connectivity index (χ1v) is 9.91. The fourth-order valence-corrected chi connectivity index (χ4v) is 5.21. The maximum absolute atomic E-state index is 12.5. The van der Waals surface area contributed by atoms with E-state index in [-0.39, 0.29) is 5.75 Å². The van der Waals surface area contributed by atoms with E-state index in [1.807, 2.05) is 0 Å². The third kappa shape index (κ3) is 3.96.